The average Bonchev–Trinajstić information content (AvgIpc) is 3.02. The number of morpholine rings is 1. The number of methoxy groups -OCH3 is 2. The Morgan fingerprint density at radius 2 is 1.77 bits per heavy atom. The molecule has 0 bridgehead atoms. The van der Waals surface area contributed by atoms with E-state index in [2.05, 4.69) is 54.5 Å². The Morgan fingerprint density at radius 3 is 2.47 bits per heavy atom. The highest BCUT2D eigenvalue weighted by Gasteiger charge is 2.20. The molecule has 1 atom stereocenters. The molecule has 1 aromatic heterocycles. The molecule has 1 aliphatic rings. The highest BCUT2D eigenvalue weighted by molar-refractivity contribution is 6.03. The summed E-state index contributed by atoms with van der Waals surface area (Å²) in [6, 6.07) is 13.1. The average molecular weight is 591 g/mol. The zero-order valence-electron chi connectivity index (χ0n) is 26.2. The van der Waals surface area contributed by atoms with Gasteiger partial charge in [0.15, 0.2) is 0 Å². The van der Waals surface area contributed by atoms with Gasteiger partial charge < -0.3 is 29.4 Å². The quantitative estimate of drug-likeness (QED) is 0.230. The molecular formula is C34H46N4O5. The van der Waals surface area contributed by atoms with E-state index < -0.39 is 6.03 Å². The summed E-state index contributed by atoms with van der Waals surface area (Å²) in [5.41, 5.74) is 4.08. The molecule has 0 radical (unpaired) electrons. The molecule has 43 heavy (non-hydrogen) atoms. The van der Waals surface area contributed by atoms with Gasteiger partial charge in [0.25, 0.3) is 5.56 Å². The monoisotopic (exact) mass is 590 g/mol. The van der Waals surface area contributed by atoms with Gasteiger partial charge in [-0.2, -0.15) is 0 Å². The molecule has 2 amide bonds. The van der Waals surface area contributed by atoms with E-state index in [1.165, 1.54) is 0 Å². The van der Waals surface area contributed by atoms with Gasteiger partial charge in [0.1, 0.15) is 17.2 Å². The maximum Gasteiger partial charge on any atom is 0.323 e. The Balaban J connectivity index is 1.70. The summed E-state index contributed by atoms with van der Waals surface area (Å²) in [4.78, 5) is 29.8. The fraction of sp³-hybridized carbons (Fsp3) is 0.471. The molecule has 0 saturated carbocycles. The van der Waals surface area contributed by atoms with Crippen molar-refractivity contribution in [3.63, 3.8) is 0 Å². The number of ether oxygens (including phenoxy) is 3. The number of aryl methyl sites for hydroxylation is 1. The van der Waals surface area contributed by atoms with Crippen LogP contribution in [0.25, 0.3) is 11.1 Å². The Morgan fingerprint density at radius 1 is 0.977 bits per heavy atom. The molecule has 4 rings (SSSR count). The molecule has 9 heteroatoms. The maximum atomic E-state index is 13.8. The molecule has 0 spiro atoms. The highest BCUT2D eigenvalue weighted by Crippen LogP contribution is 2.37. The van der Waals surface area contributed by atoms with Gasteiger partial charge in [0, 0.05) is 49.2 Å². The van der Waals surface area contributed by atoms with E-state index in [0.29, 0.717) is 29.2 Å². The van der Waals surface area contributed by atoms with Crippen LogP contribution in [0, 0.1) is 0 Å². The summed E-state index contributed by atoms with van der Waals surface area (Å²) in [6.45, 7) is 11.0. The summed E-state index contributed by atoms with van der Waals surface area (Å²) in [5, 5.41) is 6.02. The van der Waals surface area contributed by atoms with Gasteiger partial charge in [-0.1, -0.05) is 45.7 Å². The second-order valence-corrected chi connectivity index (χ2v) is 11.1. The van der Waals surface area contributed by atoms with E-state index in [4.69, 9.17) is 14.2 Å². The number of nitrogens with zero attached hydrogens (tertiary/aromatic N) is 2. The minimum Gasteiger partial charge on any atom is -0.497 e. The number of benzene rings is 2. The van der Waals surface area contributed by atoms with Crippen molar-refractivity contribution in [2.75, 3.05) is 51.2 Å². The van der Waals surface area contributed by atoms with Crippen molar-refractivity contribution in [2.24, 2.45) is 0 Å². The van der Waals surface area contributed by atoms with Crippen LogP contribution in [0.5, 0.6) is 11.5 Å². The highest BCUT2D eigenvalue weighted by atomic mass is 16.5. The lowest BCUT2D eigenvalue weighted by molar-refractivity contribution is 0.0342. The van der Waals surface area contributed by atoms with Crippen LogP contribution in [0.3, 0.4) is 0 Å². The van der Waals surface area contributed by atoms with Crippen LogP contribution in [-0.4, -0.2) is 56.0 Å². The molecule has 0 aliphatic carbocycles. The van der Waals surface area contributed by atoms with E-state index in [9.17, 15) is 9.59 Å². The van der Waals surface area contributed by atoms with Crippen molar-refractivity contribution >= 4 is 17.4 Å². The molecular weight excluding hydrogens is 544 g/mol. The summed E-state index contributed by atoms with van der Waals surface area (Å²) >= 11 is 0. The van der Waals surface area contributed by atoms with Crippen molar-refractivity contribution in [3.8, 4) is 22.6 Å². The summed E-state index contributed by atoms with van der Waals surface area (Å²) in [5.74, 6) is 1.45. The van der Waals surface area contributed by atoms with Gasteiger partial charge >= 0.3 is 6.03 Å². The lowest BCUT2D eigenvalue weighted by Crippen LogP contribution is -2.35. The molecule has 9 nitrogen and oxygen atoms in total. The van der Waals surface area contributed by atoms with Gasteiger partial charge in [-0.3, -0.25) is 9.69 Å². The van der Waals surface area contributed by atoms with Gasteiger partial charge in [-0.15, -0.1) is 0 Å². The third-order valence-corrected chi connectivity index (χ3v) is 7.98. The number of urea groups is 1. The van der Waals surface area contributed by atoms with Crippen molar-refractivity contribution < 1.29 is 19.0 Å². The van der Waals surface area contributed by atoms with Gasteiger partial charge in [0.05, 0.1) is 27.4 Å². The number of hydrogen-bond donors (Lipinski definition) is 2. The summed E-state index contributed by atoms with van der Waals surface area (Å²) < 4.78 is 18.2. The largest absolute Gasteiger partial charge is 0.497 e. The Bertz CT molecular complexity index is 1430. The van der Waals surface area contributed by atoms with Gasteiger partial charge in [-0.05, 0) is 60.2 Å². The van der Waals surface area contributed by atoms with Crippen LogP contribution in [0.1, 0.15) is 63.5 Å². The lowest BCUT2D eigenvalue weighted by atomic mass is 9.93. The number of pyridine rings is 1. The fourth-order valence-electron chi connectivity index (χ4n) is 5.56. The van der Waals surface area contributed by atoms with Crippen molar-refractivity contribution in [2.45, 2.75) is 65.5 Å². The number of amides is 2. The van der Waals surface area contributed by atoms with Crippen LogP contribution in [0.2, 0.25) is 0 Å². The Kier molecular flexibility index (Phi) is 11.6. The normalized spacial score (nSPS) is 14.3. The number of nitrogens with one attached hydrogen (secondary N) is 2. The number of hydrogen-bond acceptors (Lipinski definition) is 6. The van der Waals surface area contributed by atoms with Crippen molar-refractivity contribution in [1.82, 2.24) is 9.47 Å². The minimum atomic E-state index is -0.470. The number of carbonyl (C=O) groups excluding carboxylic acids is 1. The molecule has 3 aromatic rings. The van der Waals surface area contributed by atoms with E-state index >= 15 is 0 Å². The van der Waals surface area contributed by atoms with Crippen molar-refractivity contribution in [3.05, 3.63) is 70.1 Å². The number of unbranched alkanes of at least 4 members (excludes halogenated alkanes) is 1. The lowest BCUT2D eigenvalue weighted by Gasteiger charge is -2.27. The second kappa shape index (κ2) is 15.6. The summed E-state index contributed by atoms with van der Waals surface area (Å²) in [7, 11) is 3.17. The van der Waals surface area contributed by atoms with Gasteiger partial charge in [-0.25, -0.2) is 4.79 Å². The van der Waals surface area contributed by atoms with Crippen LogP contribution >= 0.6 is 0 Å². The number of anilines is 2. The predicted molar refractivity (Wildman–Crippen MR) is 173 cm³/mol. The molecule has 1 fully saturated rings. The number of carbonyl (C=O) groups is 1. The first kappa shape index (κ1) is 32.1. The zero-order chi connectivity index (χ0) is 30.8. The minimum absolute atomic E-state index is 0.190. The standard InChI is InChI=1S/C34H46N4O5/c1-6-8-15-38-16-14-28(29-22-26(41-4)11-13-31(29)42-5)32(33(38)39)36-34(40)35-30-21-25(23-37-17-19-43-20-18-37)10-12-27(30)24(3)9-7-2/h10-14,16,21-22,24H,6-9,15,17-20,23H2,1-5H3,(H2,35,36,40). The molecule has 1 saturated heterocycles. The van der Waals surface area contributed by atoms with Crippen LogP contribution in [0.4, 0.5) is 16.2 Å². The number of rotatable bonds is 13. The number of aromatic nitrogens is 1. The van der Waals surface area contributed by atoms with Crippen LogP contribution < -0.4 is 25.7 Å². The first-order chi connectivity index (χ1) is 20.9. The second-order valence-electron chi connectivity index (χ2n) is 11.1. The van der Waals surface area contributed by atoms with Gasteiger partial charge in [0.2, 0.25) is 0 Å². The molecule has 2 heterocycles. The molecule has 232 valence electrons. The van der Waals surface area contributed by atoms with E-state index in [0.717, 1.165) is 75.3 Å². The van der Waals surface area contributed by atoms with E-state index in [1.807, 2.05) is 12.1 Å². The zero-order valence-corrected chi connectivity index (χ0v) is 26.2. The molecule has 2 aromatic carbocycles. The third-order valence-electron chi connectivity index (χ3n) is 7.98. The van der Waals surface area contributed by atoms with E-state index in [1.54, 1.807) is 37.1 Å². The smallest absolute Gasteiger partial charge is 0.323 e. The molecule has 1 aliphatic heterocycles. The van der Waals surface area contributed by atoms with Crippen LogP contribution in [-0.2, 0) is 17.8 Å². The first-order valence-corrected chi connectivity index (χ1v) is 15.3. The maximum absolute atomic E-state index is 13.8. The SMILES string of the molecule is CCCCn1ccc(-c2cc(OC)ccc2OC)c(NC(=O)Nc2cc(CN3CCOCC3)ccc2C(C)CCC)c1=O. The van der Waals surface area contributed by atoms with E-state index in [-0.39, 0.29) is 17.2 Å². The molecule has 1 unspecified atom stereocenters. The Labute approximate surface area is 255 Å². The molecule has 2 N–H and O–H groups in total. The Hall–Kier alpha value is -3.82. The third kappa shape index (κ3) is 8.18. The summed E-state index contributed by atoms with van der Waals surface area (Å²) in [6.07, 6.45) is 5.60. The predicted octanol–water partition coefficient (Wildman–Crippen LogP) is 6.71. The first-order valence-electron chi connectivity index (χ1n) is 15.3. The van der Waals surface area contributed by atoms with Crippen molar-refractivity contribution in [1.29, 1.82) is 0 Å². The topological polar surface area (TPSA) is 94.1 Å². The van der Waals surface area contributed by atoms with Crippen LogP contribution in [0.15, 0.2) is 53.5 Å². The fourth-order valence-corrected chi connectivity index (χ4v) is 5.56.